The molecule has 24 heavy (non-hydrogen) atoms. The molecule has 5 nitrogen and oxygen atoms in total. The summed E-state index contributed by atoms with van der Waals surface area (Å²) < 4.78 is 5.64. The van der Waals surface area contributed by atoms with Crippen LogP contribution in [0.5, 0.6) is 5.88 Å². The minimum atomic E-state index is -0.00772. The molecule has 1 amide bonds. The van der Waals surface area contributed by atoms with Gasteiger partial charge in [0, 0.05) is 42.5 Å². The van der Waals surface area contributed by atoms with Crippen molar-refractivity contribution in [3.05, 3.63) is 53.7 Å². The number of fused-ring (bicyclic) bond motifs is 1. The Morgan fingerprint density at radius 2 is 2.12 bits per heavy atom. The van der Waals surface area contributed by atoms with E-state index in [1.165, 1.54) is 5.56 Å². The van der Waals surface area contributed by atoms with Crippen molar-refractivity contribution in [3.8, 4) is 5.88 Å². The number of likely N-dealkylation sites (N-methyl/N-ethyl adjacent to an activating group) is 1. The predicted molar refractivity (Wildman–Crippen MR) is 94.8 cm³/mol. The second kappa shape index (κ2) is 7.01. The molecule has 0 saturated carbocycles. The molecule has 1 aliphatic heterocycles. The molecule has 1 aliphatic rings. The molecule has 0 bridgehead atoms. The molecule has 1 aromatic carbocycles. The van der Waals surface area contributed by atoms with Gasteiger partial charge < -0.3 is 14.5 Å². The van der Waals surface area contributed by atoms with Crippen molar-refractivity contribution in [2.24, 2.45) is 0 Å². The molecule has 0 unspecified atom stereocenters. The molecule has 0 saturated heterocycles. The average molecular weight is 325 g/mol. The Hall–Kier alpha value is -2.40. The molecule has 1 atom stereocenters. The molecule has 5 heteroatoms. The van der Waals surface area contributed by atoms with E-state index in [1.807, 2.05) is 42.1 Å². The van der Waals surface area contributed by atoms with E-state index < -0.39 is 0 Å². The number of rotatable bonds is 5. The van der Waals surface area contributed by atoms with Gasteiger partial charge in [-0.25, -0.2) is 4.98 Å². The van der Waals surface area contributed by atoms with E-state index in [0.717, 1.165) is 12.2 Å². The first-order chi connectivity index (χ1) is 11.6. The summed E-state index contributed by atoms with van der Waals surface area (Å²) >= 11 is 0. The van der Waals surface area contributed by atoms with Gasteiger partial charge in [0.2, 0.25) is 5.88 Å². The number of ether oxygens (including phenoxy) is 1. The number of anilines is 1. The zero-order valence-corrected chi connectivity index (χ0v) is 14.4. The number of aromatic nitrogens is 1. The van der Waals surface area contributed by atoms with Crippen LogP contribution in [-0.4, -0.2) is 49.6 Å². The first kappa shape index (κ1) is 16.5. The fourth-order valence-electron chi connectivity index (χ4n) is 2.92. The zero-order chi connectivity index (χ0) is 17.1. The topological polar surface area (TPSA) is 45.7 Å². The second-order valence-corrected chi connectivity index (χ2v) is 6.41. The lowest BCUT2D eigenvalue weighted by atomic mass is 10.0. The Morgan fingerprint density at radius 1 is 1.33 bits per heavy atom. The van der Waals surface area contributed by atoms with Gasteiger partial charge in [0.15, 0.2) is 0 Å². The summed E-state index contributed by atoms with van der Waals surface area (Å²) in [6.07, 6.45) is 1.63. The van der Waals surface area contributed by atoms with E-state index >= 15 is 0 Å². The maximum atomic E-state index is 12.9. The maximum absolute atomic E-state index is 12.9. The van der Waals surface area contributed by atoms with Crippen LogP contribution in [0.1, 0.15) is 28.8 Å². The first-order valence-corrected chi connectivity index (χ1v) is 8.20. The highest BCUT2D eigenvalue weighted by molar-refractivity contribution is 6.07. The molecule has 1 aromatic heterocycles. The van der Waals surface area contributed by atoms with Crippen molar-refractivity contribution in [2.45, 2.75) is 12.8 Å². The van der Waals surface area contributed by atoms with Crippen LogP contribution in [0.2, 0.25) is 0 Å². The number of hydrogen-bond acceptors (Lipinski definition) is 4. The Balaban J connectivity index is 1.76. The van der Waals surface area contributed by atoms with E-state index in [4.69, 9.17) is 4.74 Å². The van der Waals surface area contributed by atoms with Crippen molar-refractivity contribution < 1.29 is 9.53 Å². The van der Waals surface area contributed by atoms with Crippen molar-refractivity contribution >= 4 is 11.6 Å². The second-order valence-electron chi connectivity index (χ2n) is 6.41. The van der Waals surface area contributed by atoms with Gasteiger partial charge in [-0.2, -0.15) is 0 Å². The lowest BCUT2D eigenvalue weighted by Gasteiger charge is -2.18. The summed E-state index contributed by atoms with van der Waals surface area (Å²) in [4.78, 5) is 21.0. The van der Waals surface area contributed by atoms with Gasteiger partial charge in [0.25, 0.3) is 5.91 Å². The van der Waals surface area contributed by atoms with Gasteiger partial charge in [0.1, 0.15) is 6.61 Å². The lowest BCUT2D eigenvalue weighted by molar-refractivity contribution is 0.0987. The summed E-state index contributed by atoms with van der Waals surface area (Å²) in [7, 11) is 3.98. The number of carbonyl (C=O) groups is 1. The van der Waals surface area contributed by atoms with Gasteiger partial charge >= 0.3 is 0 Å². The summed E-state index contributed by atoms with van der Waals surface area (Å²) in [6, 6.07) is 11.6. The molecule has 0 spiro atoms. The molecule has 0 radical (unpaired) electrons. The molecule has 2 aromatic rings. The smallest absolute Gasteiger partial charge is 0.258 e. The zero-order valence-electron chi connectivity index (χ0n) is 14.4. The minimum absolute atomic E-state index is 0.00772. The molecule has 0 fully saturated rings. The summed E-state index contributed by atoms with van der Waals surface area (Å²) in [5, 5.41) is 0. The van der Waals surface area contributed by atoms with Crippen LogP contribution in [0.4, 0.5) is 5.69 Å². The van der Waals surface area contributed by atoms with Gasteiger partial charge in [-0.15, -0.1) is 0 Å². The Labute approximate surface area is 142 Å². The average Bonchev–Trinajstić information content (AvgIpc) is 2.91. The molecular formula is C19H23N3O2. The highest BCUT2D eigenvalue weighted by Gasteiger charge is 2.30. The molecule has 2 heterocycles. The normalized spacial score (nSPS) is 16.3. The number of amides is 1. The highest BCUT2D eigenvalue weighted by atomic mass is 16.5. The Bertz CT molecular complexity index is 730. The van der Waals surface area contributed by atoms with Gasteiger partial charge in [-0.3, -0.25) is 4.79 Å². The van der Waals surface area contributed by atoms with Crippen LogP contribution in [0.25, 0.3) is 0 Å². The molecular weight excluding hydrogens is 302 g/mol. The highest BCUT2D eigenvalue weighted by Crippen LogP contribution is 2.36. The Kier molecular flexibility index (Phi) is 4.81. The van der Waals surface area contributed by atoms with Crippen molar-refractivity contribution in [3.63, 3.8) is 0 Å². The number of para-hydroxylation sites is 1. The maximum Gasteiger partial charge on any atom is 0.258 e. The van der Waals surface area contributed by atoms with Crippen molar-refractivity contribution in [1.82, 2.24) is 9.88 Å². The van der Waals surface area contributed by atoms with E-state index in [-0.39, 0.29) is 5.91 Å². The number of carbonyl (C=O) groups excluding carboxylic acids is 1. The van der Waals surface area contributed by atoms with Crippen molar-refractivity contribution in [1.29, 1.82) is 0 Å². The number of benzene rings is 1. The molecule has 3 rings (SSSR count). The van der Waals surface area contributed by atoms with Gasteiger partial charge in [-0.1, -0.05) is 25.1 Å². The predicted octanol–water partition coefficient (Wildman–Crippen LogP) is 2.79. The van der Waals surface area contributed by atoms with Crippen LogP contribution in [-0.2, 0) is 0 Å². The Morgan fingerprint density at radius 3 is 2.92 bits per heavy atom. The van der Waals surface area contributed by atoms with Gasteiger partial charge in [0.05, 0.1) is 0 Å². The van der Waals surface area contributed by atoms with E-state index in [0.29, 0.717) is 30.5 Å². The van der Waals surface area contributed by atoms with Crippen LogP contribution in [0, 0.1) is 0 Å². The SMILES string of the molecule is C[C@H]1CN(C(=O)c2ccnc(OCCN(C)C)c2)c2ccccc21. The third-order valence-corrected chi connectivity index (χ3v) is 4.23. The van der Waals surface area contributed by atoms with Gasteiger partial charge in [-0.05, 0) is 31.8 Å². The van der Waals surface area contributed by atoms with Crippen molar-refractivity contribution in [2.75, 3.05) is 38.7 Å². The minimum Gasteiger partial charge on any atom is -0.476 e. The summed E-state index contributed by atoms with van der Waals surface area (Å²) in [5.41, 5.74) is 2.83. The van der Waals surface area contributed by atoms with Crippen LogP contribution >= 0.6 is 0 Å². The summed E-state index contributed by atoms with van der Waals surface area (Å²) in [5.74, 6) is 0.831. The largest absolute Gasteiger partial charge is 0.476 e. The quantitative estimate of drug-likeness (QED) is 0.848. The molecule has 126 valence electrons. The lowest BCUT2D eigenvalue weighted by Crippen LogP contribution is -2.29. The third kappa shape index (κ3) is 3.41. The summed E-state index contributed by atoms with van der Waals surface area (Å²) in [6.45, 7) is 4.20. The number of hydrogen-bond donors (Lipinski definition) is 0. The van der Waals surface area contributed by atoms with Crippen LogP contribution in [0.15, 0.2) is 42.6 Å². The van der Waals surface area contributed by atoms with Crippen LogP contribution in [0.3, 0.4) is 0 Å². The van der Waals surface area contributed by atoms with E-state index in [2.05, 4.69) is 18.0 Å². The third-order valence-electron chi connectivity index (χ3n) is 4.23. The fourth-order valence-corrected chi connectivity index (χ4v) is 2.92. The standard InChI is InChI=1S/C19H23N3O2/c1-14-13-22(17-7-5-4-6-16(14)17)19(23)15-8-9-20-18(12-15)24-11-10-21(2)3/h4-9,12,14H,10-11,13H2,1-3H3/t14-/m0/s1. The number of pyridine rings is 1. The van der Waals surface area contributed by atoms with Crippen LogP contribution < -0.4 is 9.64 Å². The fraction of sp³-hybridized carbons (Fsp3) is 0.368. The monoisotopic (exact) mass is 325 g/mol. The number of nitrogens with zero attached hydrogens (tertiary/aromatic N) is 3. The van der Waals surface area contributed by atoms with E-state index in [9.17, 15) is 4.79 Å². The van der Waals surface area contributed by atoms with E-state index in [1.54, 1.807) is 18.3 Å². The molecule has 0 N–H and O–H groups in total. The first-order valence-electron chi connectivity index (χ1n) is 8.20. The molecule has 0 aliphatic carbocycles.